The van der Waals surface area contributed by atoms with E-state index in [9.17, 15) is 9.32 Å². The second kappa shape index (κ2) is 8.44. The zero-order chi connectivity index (χ0) is 21.4. The van der Waals surface area contributed by atoms with Gasteiger partial charge in [0.25, 0.3) is 0 Å². The van der Waals surface area contributed by atoms with E-state index in [1.807, 2.05) is 0 Å². The quantitative estimate of drug-likeness (QED) is 0.701. The zero-order valence-corrected chi connectivity index (χ0v) is 18.8. The highest BCUT2D eigenvalue weighted by Crippen LogP contribution is 2.38. The summed E-state index contributed by atoms with van der Waals surface area (Å²) in [6, 6.07) is 0. The molecule has 5 rings (SSSR count). The smallest absolute Gasteiger partial charge is 0.227 e. The third kappa shape index (κ3) is 4.06. The van der Waals surface area contributed by atoms with Gasteiger partial charge in [0.2, 0.25) is 5.95 Å². The van der Waals surface area contributed by atoms with Gasteiger partial charge in [0, 0.05) is 31.2 Å². The van der Waals surface area contributed by atoms with Crippen LogP contribution in [0.4, 0.5) is 11.8 Å². The molecular formula is C21H25ClN6O2S. The summed E-state index contributed by atoms with van der Waals surface area (Å²) < 4.78 is 12.8. The molecule has 0 saturated heterocycles. The molecule has 0 bridgehead atoms. The van der Waals surface area contributed by atoms with E-state index in [-0.39, 0.29) is 12.1 Å². The van der Waals surface area contributed by atoms with Crippen molar-refractivity contribution in [3.05, 3.63) is 35.0 Å². The first-order chi connectivity index (χ1) is 15.1. The van der Waals surface area contributed by atoms with E-state index in [0.29, 0.717) is 34.9 Å². The Morgan fingerprint density at radius 1 is 1.19 bits per heavy atom. The number of fused-ring (bicyclic) bond motifs is 1. The molecule has 3 aliphatic rings. The standard InChI is InChI=1S/C21H25ClN6O2S/c22-15-11-23-18(24-12-15)14-4-8-28(9-5-14)20-25-16-3-1-10-31(30)17(16)19(26-20)27-21(13-29)6-2-7-21/h4,11-12,29H,1-3,5-10,13H2,(H,25,26,27). The number of hydrogen-bond donors (Lipinski definition) is 2. The fourth-order valence-corrected chi connectivity index (χ4v) is 5.73. The van der Waals surface area contributed by atoms with Crippen molar-refractivity contribution in [2.75, 3.05) is 35.7 Å². The first-order valence-electron chi connectivity index (χ1n) is 10.7. The summed E-state index contributed by atoms with van der Waals surface area (Å²) >= 11 is 5.90. The molecule has 1 saturated carbocycles. The molecule has 1 unspecified atom stereocenters. The van der Waals surface area contributed by atoms with Gasteiger partial charge in [-0.2, -0.15) is 4.98 Å². The van der Waals surface area contributed by atoms with E-state index in [0.717, 1.165) is 61.2 Å². The number of nitrogens with zero attached hydrogens (tertiary/aromatic N) is 5. The third-order valence-electron chi connectivity index (χ3n) is 6.29. The molecule has 164 valence electrons. The second-order valence-electron chi connectivity index (χ2n) is 8.37. The Bertz CT molecular complexity index is 1040. The van der Waals surface area contributed by atoms with Gasteiger partial charge in [0.15, 0.2) is 5.82 Å². The Kier molecular flexibility index (Phi) is 5.66. The average Bonchev–Trinajstić information content (AvgIpc) is 2.77. The number of aryl methyl sites for hydroxylation is 1. The van der Waals surface area contributed by atoms with Crippen molar-refractivity contribution >= 4 is 39.7 Å². The topological polar surface area (TPSA) is 104 Å². The Labute approximate surface area is 188 Å². The van der Waals surface area contributed by atoms with Gasteiger partial charge >= 0.3 is 0 Å². The molecule has 1 atom stereocenters. The summed E-state index contributed by atoms with van der Waals surface area (Å²) in [4.78, 5) is 21.1. The summed E-state index contributed by atoms with van der Waals surface area (Å²) in [5.74, 6) is 2.60. The summed E-state index contributed by atoms with van der Waals surface area (Å²) in [6.07, 6.45) is 10.6. The van der Waals surface area contributed by atoms with E-state index in [2.05, 4.69) is 26.3 Å². The van der Waals surface area contributed by atoms with Crippen LogP contribution >= 0.6 is 11.6 Å². The number of aliphatic hydroxyl groups is 1. The lowest BCUT2D eigenvalue weighted by molar-refractivity contribution is 0.143. The monoisotopic (exact) mass is 460 g/mol. The predicted octanol–water partition coefficient (Wildman–Crippen LogP) is 2.59. The number of aromatic nitrogens is 4. The van der Waals surface area contributed by atoms with E-state index in [1.54, 1.807) is 12.4 Å². The van der Waals surface area contributed by atoms with Crippen molar-refractivity contribution in [3.63, 3.8) is 0 Å². The van der Waals surface area contributed by atoms with Crippen LogP contribution in [0.25, 0.3) is 5.57 Å². The van der Waals surface area contributed by atoms with Crippen LogP contribution in [0.1, 0.15) is 43.6 Å². The average molecular weight is 461 g/mol. The van der Waals surface area contributed by atoms with Gasteiger partial charge in [-0.3, -0.25) is 4.21 Å². The fourth-order valence-electron chi connectivity index (χ4n) is 4.30. The fraction of sp³-hybridized carbons (Fsp3) is 0.524. The van der Waals surface area contributed by atoms with Crippen LogP contribution in [0.2, 0.25) is 5.02 Å². The molecule has 4 heterocycles. The van der Waals surface area contributed by atoms with E-state index in [1.165, 1.54) is 0 Å². The van der Waals surface area contributed by atoms with Crippen molar-refractivity contribution in [2.24, 2.45) is 0 Å². The molecule has 2 N–H and O–H groups in total. The Hall–Kier alpha value is -2.10. The van der Waals surface area contributed by atoms with Gasteiger partial charge in [0.1, 0.15) is 10.7 Å². The zero-order valence-electron chi connectivity index (χ0n) is 17.2. The molecule has 31 heavy (non-hydrogen) atoms. The number of rotatable bonds is 5. The van der Waals surface area contributed by atoms with Gasteiger partial charge in [-0.25, -0.2) is 15.0 Å². The van der Waals surface area contributed by atoms with Crippen molar-refractivity contribution in [3.8, 4) is 0 Å². The number of anilines is 2. The third-order valence-corrected chi connectivity index (χ3v) is 8.03. The van der Waals surface area contributed by atoms with Crippen LogP contribution in [0, 0.1) is 0 Å². The SMILES string of the molecule is O=S1CCCc2nc(N3CC=C(c4ncc(Cl)cn4)CC3)nc(NC3(CO)CCC3)c21. The Balaban J connectivity index is 1.44. The van der Waals surface area contributed by atoms with E-state index < -0.39 is 10.8 Å². The minimum absolute atomic E-state index is 0.0463. The summed E-state index contributed by atoms with van der Waals surface area (Å²) in [5, 5.41) is 13.9. The van der Waals surface area contributed by atoms with Crippen molar-refractivity contribution in [1.82, 2.24) is 19.9 Å². The lowest BCUT2D eigenvalue weighted by atomic mass is 9.77. The number of nitrogens with one attached hydrogen (secondary N) is 1. The molecule has 8 nitrogen and oxygen atoms in total. The van der Waals surface area contributed by atoms with Gasteiger partial charge in [-0.15, -0.1) is 0 Å². The minimum Gasteiger partial charge on any atom is -0.394 e. The summed E-state index contributed by atoms with van der Waals surface area (Å²) in [5.41, 5.74) is 1.58. The van der Waals surface area contributed by atoms with E-state index >= 15 is 0 Å². The van der Waals surface area contributed by atoms with Gasteiger partial charge < -0.3 is 15.3 Å². The van der Waals surface area contributed by atoms with Crippen LogP contribution in [-0.4, -0.2) is 60.2 Å². The van der Waals surface area contributed by atoms with Crippen molar-refractivity contribution < 1.29 is 9.32 Å². The van der Waals surface area contributed by atoms with Crippen LogP contribution in [0.15, 0.2) is 23.4 Å². The van der Waals surface area contributed by atoms with Gasteiger partial charge in [0.05, 0.1) is 33.7 Å². The lowest BCUT2D eigenvalue weighted by Gasteiger charge is -2.42. The highest BCUT2D eigenvalue weighted by atomic mass is 35.5. The Morgan fingerprint density at radius 3 is 2.65 bits per heavy atom. The van der Waals surface area contributed by atoms with Crippen LogP contribution < -0.4 is 10.2 Å². The number of hydrogen-bond acceptors (Lipinski definition) is 8. The molecule has 0 aromatic carbocycles. The van der Waals surface area contributed by atoms with Gasteiger partial charge in [-0.1, -0.05) is 17.7 Å². The van der Waals surface area contributed by atoms with Crippen LogP contribution in [-0.2, 0) is 17.2 Å². The molecule has 1 aliphatic carbocycles. The molecule has 1 fully saturated rings. The van der Waals surface area contributed by atoms with Crippen molar-refractivity contribution in [1.29, 1.82) is 0 Å². The number of halogens is 1. The number of aliphatic hydroxyl groups excluding tert-OH is 1. The van der Waals surface area contributed by atoms with Crippen LogP contribution in [0.5, 0.6) is 0 Å². The molecule has 2 aromatic heterocycles. The molecule has 2 aliphatic heterocycles. The minimum atomic E-state index is -1.11. The maximum absolute atomic E-state index is 12.8. The first kappa shape index (κ1) is 20.8. The Morgan fingerprint density at radius 2 is 2.00 bits per heavy atom. The molecule has 0 spiro atoms. The maximum Gasteiger partial charge on any atom is 0.227 e. The maximum atomic E-state index is 12.8. The highest BCUT2D eigenvalue weighted by molar-refractivity contribution is 7.85. The molecule has 0 radical (unpaired) electrons. The normalized spacial score (nSPS) is 22.3. The summed E-state index contributed by atoms with van der Waals surface area (Å²) in [7, 11) is -1.11. The van der Waals surface area contributed by atoms with E-state index in [4.69, 9.17) is 21.6 Å². The van der Waals surface area contributed by atoms with Crippen molar-refractivity contribution in [2.45, 2.75) is 49.0 Å². The first-order valence-corrected chi connectivity index (χ1v) is 12.4. The summed E-state index contributed by atoms with van der Waals surface area (Å²) in [6.45, 7) is 1.43. The highest BCUT2D eigenvalue weighted by Gasteiger charge is 2.38. The second-order valence-corrected chi connectivity index (χ2v) is 10.3. The molecule has 0 amide bonds. The molecule has 10 heteroatoms. The van der Waals surface area contributed by atoms with Crippen LogP contribution in [0.3, 0.4) is 0 Å². The molecule has 2 aromatic rings. The molecular weight excluding hydrogens is 436 g/mol. The van der Waals surface area contributed by atoms with Gasteiger partial charge in [-0.05, 0) is 44.1 Å². The largest absolute Gasteiger partial charge is 0.394 e. The predicted molar refractivity (Wildman–Crippen MR) is 121 cm³/mol. The lowest BCUT2D eigenvalue weighted by Crippen LogP contribution is -2.49.